The summed E-state index contributed by atoms with van der Waals surface area (Å²) in [5.41, 5.74) is 1.54. The summed E-state index contributed by atoms with van der Waals surface area (Å²) in [4.78, 5) is 14.7. The van der Waals surface area contributed by atoms with Crippen LogP contribution in [0.25, 0.3) is 11.1 Å². The fourth-order valence-corrected chi connectivity index (χ4v) is 3.08. The van der Waals surface area contributed by atoms with E-state index in [2.05, 4.69) is 15.5 Å². The third-order valence-electron chi connectivity index (χ3n) is 4.29. The molecule has 6 heteroatoms. The van der Waals surface area contributed by atoms with Gasteiger partial charge in [0.15, 0.2) is 0 Å². The average molecular weight is 362 g/mol. The number of carbonyl (C=O) groups excluding carboxylic acids is 1. The molecule has 25 heavy (non-hydrogen) atoms. The number of rotatable bonds is 5. The van der Waals surface area contributed by atoms with Crippen molar-refractivity contribution in [3.63, 3.8) is 0 Å². The van der Waals surface area contributed by atoms with E-state index in [1.54, 1.807) is 30.3 Å². The first-order chi connectivity index (χ1) is 12.1. The van der Waals surface area contributed by atoms with Gasteiger partial charge in [0.1, 0.15) is 5.82 Å². The van der Waals surface area contributed by atoms with Crippen molar-refractivity contribution in [3.8, 4) is 11.1 Å². The third-order valence-corrected chi connectivity index (χ3v) is 4.52. The Kier molecular flexibility index (Phi) is 6.02. The topological polar surface area (TPSA) is 44.4 Å². The molecule has 0 saturated carbocycles. The summed E-state index contributed by atoms with van der Waals surface area (Å²) in [7, 11) is 0. The summed E-state index contributed by atoms with van der Waals surface area (Å²) < 4.78 is 14.0. The zero-order valence-electron chi connectivity index (χ0n) is 13.9. The summed E-state index contributed by atoms with van der Waals surface area (Å²) in [5, 5.41) is 6.69. The highest BCUT2D eigenvalue weighted by atomic mass is 35.5. The predicted molar refractivity (Wildman–Crippen MR) is 98.5 cm³/mol. The van der Waals surface area contributed by atoms with Crippen molar-refractivity contribution in [2.75, 3.05) is 39.3 Å². The lowest BCUT2D eigenvalue weighted by molar-refractivity contribution is 0.0947. The second-order valence-corrected chi connectivity index (χ2v) is 6.49. The second-order valence-electron chi connectivity index (χ2n) is 6.05. The van der Waals surface area contributed by atoms with Crippen molar-refractivity contribution in [3.05, 3.63) is 58.9 Å². The van der Waals surface area contributed by atoms with Gasteiger partial charge >= 0.3 is 0 Å². The van der Waals surface area contributed by atoms with Gasteiger partial charge in [-0.15, -0.1) is 0 Å². The van der Waals surface area contributed by atoms with Gasteiger partial charge in [-0.25, -0.2) is 4.39 Å². The molecule has 2 aromatic rings. The molecular formula is C19H21ClFN3O. The van der Waals surface area contributed by atoms with Gasteiger partial charge in [-0.3, -0.25) is 9.69 Å². The minimum atomic E-state index is -0.360. The van der Waals surface area contributed by atoms with Crippen molar-refractivity contribution >= 4 is 17.5 Å². The van der Waals surface area contributed by atoms with E-state index in [9.17, 15) is 9.18 Å². The number of nitrogens with one attached hydrogen (secondary N) is 2. The highest BCUT2D eigenvalue weighted by Gasteiger charge is 2.12. The lowest BCUT2D eigenvalue weighted by Crippen LogP contribution is -2.46. The molecule has 0 bridgehead atoms. The van der Waals surface area contributed by atoms with E-state index in [0.717, 1.165) is 32.7 Å². The number of hydrogen-bond acceptors (Lipinski definition) is 3. The quantitative estimate of drug-likeness (QED) is 0.860. The van der Waals surface area contributed by atoms with E-state index < -0.39 is 0 Å². The van der Waals surface area contributed by atoms with E-state index in [-0.39, 0.29) is 11.7 Å². The van der Waals surface area contributed by atoms with Gasteiger partial charge in [-0.1, -0.05) is 23.7 Å². The van der Waals surface area contributed by atoms with Crippen molar-refractivity contribution in [2.24, 2.45) is 0 Å². The first-order valence-corrected chi connectivity index (χ1v) is 8.78. The summed E-state index contributed by atoms with van der Waals surface area (Å²) in [6, 6.07) is 11.3. The normalized spacial score (nSPS) is 15.1. The number of amides is 1. The van der Waals surface area contributed by atoms with Crippen LogP contribution in [0.3, 0.4) is 0 Å². The van der Waals surface area contributed by atoms with Crippen LogP contribution in [0.2, 0.25) is 5.02 Å². The molecule has 0 radical (unpaired) electrons. The number of piperazine rings is 1. The van der Waals surface area contributed by atoms with Crippen LogP contribution >= 0.6 is 11.6 Å². The molecule has 4 nitrogen and oxygen atoms in total. The van der Waals surface area contributed by atoms with E-state index in [0.29, 0.717) is 28.3 Å². The Hall–Kier alpha value is -1.95. The first-order valence-electron chi connectivity index (χ1n) is 8.40. The number of hydrogen-bond donors (Lipinski definition) is 2. The lowest BCUT2D eigenvalue weighted by Gasteiger charge is -2.27. The molecule has 1 aliphatic heterocycles. The smallest absolute Gasteiger partial charge is 0.251 e. The highest BCUT2D eigenvalue weighted by Crippen LogP contribution is 2.26. The Morgan fingerprint density at radius 1 is 1.20 bits per heavy atom. The number of carbonyl (C=O) groups is 1. The molecule has 1 amide bonds. The van der Waals surface area contributed by atoms with Crippen molar-refractivity contribution in [1.82, 2.24) is 15.5 Å². The standard InChI is InChI=1S/C19H21ClFN3O/c20-16-4-5-18(21)17(13-16)14-2-1-3-15(12-14)19(25)23-8-11-24-9-6-22-7-10-24/h1-5,12-13,22H,6-11H2,(H,23,25). The minimum absolute atomic E-state index is 0.153. The molecule has 1 heterocycles. The average Bonchev–Trinajstić information content (AvgIpc) is 2.64. The van der Waals surface area contributed by atoms with Crippen molar-refractivity contribution in [2.45, 2.75) is 0 Å². The van der Waals surface area contributed by atoms with Gasteiger partial charge in [0.2, 0.25) is 0 Å². The molecule has 2 aromatic carbocycles. The van der Waals surface area contributed by atoms with E-state index in [4.69, 9.17) is 11.6 Å². The molecule has 3 rings (SSSR count). The predicted octanol–water partition coefficient (Wildman–Crippen LogP) is 2.78. The zero-order valence-corrected chi connectivity index (χ0v) is 14.7. The molecule has 0 aliphatic carbocycles. The molecule has 0 spiro atoms. The molecule has 132 valence electrons. The summed E-state index contributed by atoms with van der Waals surface area (Å²) in [6.07, 6.45) is 0. The van der Waals surface area contributed by atoms with Crippen LogP contribution in [0, 0.1) is 5.82 Å². The summed E-state index contributed by atoms with van der Waals surface area (Å²) >= 11 is 5.96. The zero-order chi connectivity index (χ0) is 17.6. The SMILES string of the molecule is O=C(NCCN1CCNCC1)c1cccc(-c2cc(Cl)ccc2F)c1. The number of halogens is 2. The molecule has 0 atom stereocenters. The van der Waals surface area contributed by atoms with Crippen LogP contribution in [0.15, 0.2) is 42.5 Å². The monoisotopic (exact) mass is 361 g/mol. The molecule has 0 aromatic heterocycles. The lowest BCUT2D eigenvalue weighted by atomic mass is 10.0. The van der Waals surface area contributed by atoms with Gasteiger partial charge in [-0.05, 0) is 35.9 Å². The van der Waals surface area contributed by atoms with E-state index in [1.807, 2.05) is 0 Å². The van der Waals surface area contributed by atoms with Gasteiger partial charge in [-0.2, -0.15) is 0 Å². The van der Waals surface area contributed by atoms with Gasteiger partial charge < -0.3 is 10.6 Å². The van der Waals surface area contributed by atoms with Crippen LogP contribution in [0.1, 0.15) is 10.4 Å². The molecule has 1 aliphatic rings. The number of nitrogens with zero attached hydrogens (tertiary/aromatic N) is 1. The molecular weight excluding hydrogens is 341 g/mol. The Labute approximate surface area is 152 Å². The van der Waals surface area contributed by atoms with E-state index >= 15 is 0 Å². The fourth-order valence-electron chi connectivity index (χ4n) is 2.91. The summed E-state index contributed by atoms with van der Waals surface area (Å²) in [6.45, 7) is 5.39. The van der Waals surface area contributed by atoms with E-state index in [1.165, 1.54) is 12.1 Å². The van der Waals surface area contributed by atoms with Crippen LogP contribution < -0.4 is 10.6 Å². The Morgan fingerprint density at radius 3 is 2.80 bits per heavy atom. The molecule has 2 N–H and O–H groups in total. The highest BCUT2D eigenvalue weighted by molar-refractivity contribution is 6.30. The number of benzene rings is 2. The fraction of sp³-hybridized carbons (Fsp3) is 0.316. The first kappa shape index (κ1) is 17.9. The molecule has 1 fully saturated rings. The Bertz CT molecular complexity index is 747. The van der Waals surface area contributed by atoms with Crippen molar-refractivity contribution < 1.29 is 9.18 Å². The maximum atomic E-state index is 14.0. The van der Waals surface area contributed by atoms with Crippen molar-refractivity contribution in [1.29, 1.82) is 0 Å². The largest absolute Gasteiger partial charge is 0.351 e. The minimum Gasteiger partial charge on any atom is -0.351 e. The van der Waals surface area contributed by atoms with Crippen LogP contribution in [0.5, 0.6) is 0 Å². The van der Waals surface area contributed by atoms with Gasteiger partial charge in [0.05, 0.1) is 0 Å². The maximum absolute atomic E-state index is 14.0. The third kappa shape index (κ3) is 4.78. The van der Waals surface area contributed by atoms with Crippen LogP contribution in [0.4, 0.5) is 4.39 Å². The van der Waals surface area contributed by atoms with Gasteiger partial charge in [0, 0.05) is 55.4 Å². The van der Waals surface area contributed by atoms with Crippen LogP contribution in [-0.4, -0.2) is 50.1 Å². The summed E-state index contributed by atoms with van der Waals surface area (Å²) in [5.74, 6) is -0.514. The Morgan fingerprint density at radius 2 is 2.00 bits per heavy atom. The van der Waals surface area contributed by atoms with Gasteiger partial charge in [0.25, 0.3) is 5.91 Å². The molecule has 1 saturated heterocycles. The Balaban J connectivity index is 1.64. The molecule has 0 unspecified atom stereocenters. The van der Waals surface area contributed by atoms with Crippen LogP contribution in [-0.2, 0) is 0 Å². The maximum Gasteiger partial charge on any atom is 0.251 e. The second kappa shape index (κ2) is 8.43.